The van der Waals surface area contributed by atoms with Crippen LogP contribution in [0.2, 0.25) is 0 Å². The van der Waals surface area contributed by atoms with E-state index in [1.165, 1.54) is 68.7 Å². The van der Waals surface area contributed by atoms with E-state index in [0.29, 0.717) is 32.6 Å². The summed E-state index contributed by atoms with van der Waals surface area (Å²) in [5.41, 5.74) is 2.30. The molecule has 52 heavy (non-hydrogen) atoms. The molecule has 0 saturated carbocycles. The number of hydrogen-bond donors (Lipinski definition) is 0. The number of nitrogens with zero attached hydrogens (tertiary/aromatic N) is 2. The van der Waals surface area contributed by atoms with Crippen molar-refractivity contribution in [3.05, 3.63) is 72.9 Å². The SMILES string of the molecule is C=C.CCCCCC/C=C\COC(=O)CCCCCCCN(Cc1ccc(CCCC(=O)OC/C=C\CCCCCC)cc1)C(=O)SCCN(C)C. The second-order valence-electron chi connectivity index (χ2n) is 13.5. The number of unbranched alkanes of at least 4 members (excludes halogenated alkanes) is 12. The van der Waals surface area contributed by atoms with Crippen LogP contribution in [0.25, 0.3) is 0 Å². The average molecular weight is 743 g/mol. The van der Waals surface area contributed by atoms with Gasteiger partial charge < -0.3 is 19.3 Å². The van der Waals surface area contributed by atoms with E-state index in [1.54, 1.807) is 0 Å². The maximum Gasteiger partial charge on any atom is 0.306 e. The molecule has 0 aliphatic rings. The molecule has 7 nitrogen and oxygen atoms in total. The van der Waals surface area contributed by atoms with Crippen molar-refractivity contribution < 1.29 is 23.9 Å². The van der Waals surface area contributed by atoms with Gasteiger partial charge in [-0.15, -0.1) is 13.2 Å². The summed E-state index contributed by atoms with van der Waals surface area (Å²) >= 11 is 1.39. The Morgan fingerprint density at radius 1 is 0.635 bits per heavy atom. The van der Waals surface area contributed by atoms with Crippen LogP contribution in [-0.4, -0.2) is 73.1 Å². The van der Waals surface area contributed by atoms with Crippen molar-refractivity contribution >= 4 is 28.9 Å². The molecule has 0 atom stereocenters. The molecule has 0 heterocycles. The number of carbonyl (C=O) groups excluding carboxylic acids is 3. The lowest BCUT2D eigenvalue weighted by molar-refractivity contribution is -0.143. The first-order valence-corrected chi connectivity index (χ1v) is 21.1. The highest BCUT2D eigenvalue weighted by atomic mass is 32.2. The predicted molar refractivity (Wildman–Crippen MR) is 223 cm³/mol. The molecule has 0 unspecified atom stereocenters. The Bertz CT molecular complexity index is 1070. The Hall–Kier alpha value is -2.84. The summed E-state index contributed by atoms with van der Waals surface area (Å²) in [6.45, 7) is 13.3. The minimum Gasteiger partial charge on any atom is -0.461 e. The highest BCUT2D eigenvalue weighted by Crippen LogP contribution is 2.17. The van der Waals surface area contributed by atoms with E-state index in [-0.39, 0.29) is 17.2 Å². The first-order chi connectivity index (χ1) is 25.3. The Morgan fingerprint density at radius 3 is 1.69 bits per heavy atom. The monoisotopic (exact) mass is 743 g/mol. The minimum atomic E-state index is -0.146. The van der Waals surface area contributed by atoms with Crippen molar-refractivity contribution in [3.8, 4) is 0 Å². The summed E-state index contributed by atoms with van der Waals surface area (Å²) in [6, 6.07) is 8.43. The van der Waals surface area contributed by atoms with Gasteiger partial charge in [0.2, 0.25) is 0 Å². The second kappa shape index (κ2) is 36.5. The highest BCUT2D eigenvalue weighted by Gasteiger charge is 2.15. The molecule has 1 aromatic carbocycles. The van der Waals surface area contributed by atoms with Crippen LogP contribution in [0.15, 0.2) is 61.7 Å². The van der Waals surface area contributed by atoms with Crippen LogP contribution in [-0.2, 0) is 32.0 Å². The molecule has 0 saturated heterocycles. The number of carbonyl (C=O) groups is 3. The molecule has 0 aliphatic carbocycles. The summed E-state index contributed by atoms with van der Waals surface area (Å²) in [5.74, 6) is 0.504. The largest absolute Gasteiger partial charge is 0.461 e. The highest BCUT2D eigenvalue weighted by molar-refractivity contribution is 8.13. The van der Waals surface area contributed by atoms with Gasteiger partial charge in [0.1, 0.15) is 13.2 Å². The van der Waals surface area contributed by atoms with Crippen molar-refractivity contribution in [2.24, 2.45) is 0 Å². The standard InChI is InChI=1S/C42H70N2O5S.C2H4/c1-5-7-9-11-13-18-22-34-48-40(45)26-20-16-15-17-21-32-44(42(47)50-36-33-43(3)4)37-39-30-28-38(29-31-39)25-24-27-41(46)49-35-23-19-14-12-10-8-6-2;1-2/h18-19,22-23,28-31H,5-17,20-21,24-27,32-37H2,1-4H3;1-2H2/b22-18-,23-19-;. The molecule has 1 aromatic rings. The van der Waals surface area contributed by atoms with Crippen molar-refractivity contribution in [1.82, 2.24) is 9.80 Å². The molecule has 0 spiro atoms. The van der Waals surface area contributed by atoms with E-state index in [0.717, 1.165) is 82.2 Å². The molecular formula is C44H74N2O5S. The molecule has 1 rings (SSSR count). The molecular weight excluding hydrogens is 669 g/mol. The zero-order valence-electron chi connectivity index (χ0n) is 33.6. The number of aryl methyl sites for hydroxylation is 1. The number of hydrogen-bond acceptors (Lipinski definition) is 7. The fraction of sp³-hybridized carbons (Fsp3) is 0.659. The number of amides is 1. The van der Waals surface area contributed by atoms with E-state index in [2.05, 4.69) is 68.3 Å². The minimum absolute atomic E-state index is 0.118. The molecule has 0 aliphatic heterocycles. The van der Waals surface area contributed by atoms with Gasteiger partial charge in [-0.2, -0.15) is 0 Å². The number of allylic oxidation sites excluding steroid dienone is 2. The van der Waals surface area contributed by atoms with Gasteiger partial charge in [-0.1, -0.05) is 132 Å². The Balaban J connectivity index is 0.0000128. The van der Waals surface area contributed by atoms with Crippen LogP contribution in [0.4, 0.5) is 4.79 Å². The van der Waals surface area contributed by atoms with Crippen molar-refractivity contribution in [1.29, 1.82) is 0 Å². The summed E-state index contributed by atoms with van der Waals surface area (Å²) < 4.78 is 10.7. The van der Waals surface area contributed by atoms with E-state index in [4.69, 9.17) is 9.47 Å². The Morgan fingerprint density at radius 2 is 1.13 bits per heavy atom. The molecule has 296 valence electrons. The lowest BCUT2D eigenvalue weighted by Gasteiger charge is -2.23. The second-order valence-corrected chi connectivity index (χ2v) is 14.6. The molecule has 0 bridgehead atoms. The maximum atomic E-state index is 13.2. The van der Waals surface area contributed by atoms with Crippen LogP contribution < -0.4 is 0 Å². The number of ether oxygens (including phenoxy) is 2. The van der Waals surface area contributed by atoms with Crippen LogP contribution >= 0.6 is 11.8 Å². The topological polar surface area (TPSA) is 76.1 Å². The molecule has 8 heteroatoms. The van der Waals surface area contributed by atoms with Gasteiger partial charge in [0.15, 0.2) is 0 Å². The fourth-order valence-electron chi connectivity index (χ4n) is 5.39. The molecule has 1 amide bonds. The van der Waals surface area contributed by atoms with Gasteiger partial charge in [0.25, 0.3) is 5.24 Å². The average Bonchev–Trinajstić information content (AvgIpc) is 3.14. The number of rotatable bonds is 31. The van der Waals surface area contributed by atoms with Gasteiger partial charge in [-0.25, -0.2) is 0 Å². The van der Waals surface area contributed by atoms with Crippen LogP contribution in [0, 0.1) is 0 Å². The first kappa shape index (κ1) is 49.2. The van der Waals surface area contributed by atoms with Gasteiger partial charge in [0.05, 0.1) is 0 Å². The lowest BCUT2D eigenvalue weighted by Crippen LogP contribution is -2.29. The van der Waals surface area contributed by atoms with Gasteiger partial charge in [-0.05, 0) is 76.6 Å². The first-order valence-electron chi connectivity index (χ1n) is 20.1. The summed E-state index contributed by atoms with van der Waals surface area (Å²) in [6.07, 6.45) is 27.5. The normalized spacial score (nSPS) is 11.2. The zero-order valence-corrected chi connectivity index (χ0v) is 34.4. The molecule has 0 radical (unpaired) electrons. The van der Waals surface area contributed by atoms with E-state index in [1.807, 2.05) is 31.1 Å². The van der Waals surface area contributed by atoms with Crippen LogP contribution in [0.3, 0.4) is 0 Å². The lowest BCUT2D eigenvalue weighted by atomic mass is 10.1. The molecule has 0 N–H and O–H groups in total. The van der Waals surface area contributed by atoms with Crippen LogP contribution in [0.1, 0.15) is 141 Å². The molecule has 0 aromatic heterocycles. The molecule has 0 fully saturated rings. The van der Waals surface area contributed by atoms with Gasteiger partial charge in [0, 0.05) is 38.2 Å². The number of thioether (sulfide) groups is 1. The van der Waals surface area contributed by atoms with Gasteiger partial charge >= 0.3 is 11.9 Å². The Kier molecular flexibility index (Phi) is 34.5. The van der Waals surface area contributed by atoms with Crippen molar-refractivity contribution in [3.63, 3.8) is 0 Å². The fourth-order valence-corrected chi connectivity index (χ4v) is 6.36. The van der Waals surface area contributed by atoms with E-state index < -0.39 is 0 Å². The predicted octanol–water partition coefficient (Wildman–Crippen LogP) is 11.5. The number of esters is 2. The van der Waals surface area contributed by atoms with E-state index >= 15 is 0 Å². The summed E-state index contributed by atoms with van der Waals surface area (Å²) in [5, 5.41) is 0.124. The Labute approximate surface area is 323 Å². The third-order valence-corrected chi connectivity index (χ3v) is 9.43. The number of benzene rings is 1. The van der Waals surface area contributed by atoms with Crippen molar-refractivity contribution in [2.75, 3.05) is 46.2 Å². The van der Waals surface area contributed by atoms with Crippen LogP contribution in [0.5, 0.6) is 0 Å². The van der Waals surface area contributed by atoms with Crippen molar-refractivity contribution in [2.45, 2.75) is 142 Å². The summed E-state index contributed by atoms with van der Waals surface area (Å²) in [4.78, 5) is 41.4. The quantitative estimate of drug-likeness (QED) is 0.0426. The van der Waals surface area contributed by atoms with E-state index in [9.17, 15) is 14.4 Å². The third kappa shape index (κ3) is 30.8. The third-order valence-electron chi connectivity index (χ3n) is 8.54. The summed E-state index contributed by atoms with van der Waals surface area (Å²) in [7, 11) is 4.05. The zero-order chi connectivity index (χ0) is 38.5. The maximum absolute atomic E-state index is 13.2. The van der Waals surface area contributed by atoms with Gasteiger partial charge in [-0.3, -0.25) is 14.4 Å². The smallest absolute Gasteiger partial charge is 0.306 e.